The number of piperazine rings is 1. The summed E-state index contributed by atoms with van der Waals surface area (Å²) in [5.41, 5.74) is 0.650. The van der Waals surface area contributed by atoms with Gasteiger partial charge in [-0.15, -0.1) is 0 Å². The highest BCUT2D eigenvalue weighted by Gasteiger charge is 2.28. The lowest BCUT2D eigenvalue weighted by molar-refractivity contribution is -0.132. The van der Waals surface area contributed by atoms with Crippen LogP contribution >= 0.6 is 0 Å². The van der Waals surface area contributed by atoms with Gasteiger partial charge in [0.05, 0.1) is 5.70 Å². The minimum atomic E-state index is 0.101. The Bertz CT molecular complexity index is 258. The van der Waals surface area contributed by atoms with E-state index in [-0.39, 0.29) is 5.91 Å². The summed E-state index contributed by atoms with van der Waals surface area (Å²) >= 11 is 0. The van der Waals surface area contributed by atoms with E-state index < -0.39 is 0 Å². The van der Waals surface area contributed by atoms with E-state index in [1.165, 1.54) is 0 Å². The van der Waals surface area contributed by atoms with E-state index in [0.29, 0.717) is 17.7 Å². The molecule has 0 aromatic carbocycles. The fourth-order valence-corrected chi connectivity index (χ4v) is 1.96. The first-order chi connectivity index (χ1) is 6.93. The molecule has 1 aliphatic heterocycles. The summed E-state index contributed by atoms with van der Waals surface area (Å²) in [6.45, 7) is 14.9. The minimum absolute atomic E-state index is 0.101. The van der Waals surface area contributed by atoms with Gasteiger partial charge in [-0.25, -0.2) is 0 Å². The lowest BCUT2D eigenvalue weighted by Crippen LogP contribution is -2.51. The maximum Gasteiger partial charge on any atom is 0.269 e. The zero-order chi connectivity index (χ0) is 11.6. The summed E-state index contributed by atoms with van der Waals surface area (Å²) in [4.78, 5) is 16.0. The van der Waals surface area contributed by atoms with Crippen molar-refractivity contribution in [2.24, 2.45) is 5.92 Å². The normalized spacial score (nSPS) is 18.3. The second-order valence-corrected chi connectivity index (χ2v) is 4.88. The largest absolute Gasteiger partial charge is 0.363 e. The number of hydrogen-bond donors (Lipinski definition) is 0. The van der Waals surface area contributed by atoms with Crippen LogP contribution in [0.25, 0.3) is 0 Å². The van der Waals surface area contributed by atoms with Gasteiger partial charge in [0.2, 0.25) is 0 Å². The smallest absolute Gasteiger partial charge is 0.269 e. The van der Waals surface area contributed by atoms with E-state index in [0.717, 1.165) is 19.6 Å². The van der Waals surface area contributed by atoms with Crippen molar-refractivity contribution in [1.29, 1.82) is 0 Å². The van der Waals surface area contributed by atoms with Crippen molar-refractivity contribution in [3.05, 3.63) is 12.3 Å². The lowest BCUT2D eigenvalue weighted by atomic mass is 10.1. The Hall–Kier alpha value is -0.990. The monoisotopic (exact) mass is 210 g/mol. The summed E-state index contributed by atoms with van der Waals surface area (Å²) in [7, 11) is 0. The molecule has 0 saturated carbocycles. The van der Waals surface area contributed by atoms with Crippen LogP contribution in [0.5, 0.6) is 0 Å². The Morgan fingerprint density at radius 3 is 2.33 bits per heavy atom. The molecule has 0 N–H and O–H groups in total. The van der Waals surface area contributed by atoms with Gasteiger partial charge in [-0.3, -0.25) is 4.79 Å². The van der Waals surface area contributed by atoms with Gasteiger partial charge >= 0.3 is 0 Å². The van der Waals surface area contributed by atoms with Crippen molar-refractivity contribution in [3.63, 3.8) is 0 Å². The van der Waals surface area contributed by atoms with Gasteiger partial charge in [0.1, 0.15) is 0 Å². The molecule has 15 heavy (non-hydrogen) atoms. The molecule has 1 saturated heterocycles. The van der Waals surface area contributed by atoms with Crippen LogP contribution in [0, 0.1) is 5.92 Å². The first-order valence-corrected chi connectivity index (χ1v) is 5.68. The molecule has 0 spiro atoms. The molecular weight excluding hydrogens is 188 g/mol. The van der Waals surface area contributed by atoms with Gasteiger partial charge < -0.3 is 9.80 Å². The maximum atomic E-state index is 12.0. The molecule has 0 aliphatic carbocycles. The molecule has 0 radical (unpaired) electrons. The molecule has 1 aliphatic rings. The van der Waals surface area contributed by atoms with Crippen molar-refractivity contribution >= 4 is 5.91 Å². The number of hydrogen-bond acceptors (Lipinski definition) is 2. The number of amides is 1. The van der Waals surface area contributed by atoms with E-state index in [2.05, 4.69) is 39.2 Å². The Morgan fingerprint density at radius 2 is 1.87 bits per heavy atom. The van der Waals surface area contributed by atoms with E-state index in [1.54, 1.807) is 0 Å². The fourth-order valence-electron chi connectivity index (χ4n) is 1.96. The molecule has 1 amide bonds. The summed E-state index contributed by atoms with van der Waals surface area (Å²) in [6, 6.07) is 0.364. The van der Waals surface area contributed by atoms with Gasteiger partial charge in [0.15, 0.2) is 0 Å². The van der Waals surface area contributed by atoms with E-state index in [9.17, 15) is 4.79 Å². The average Bonchev–Trinajstić information content (AvgIpc) is 2.12. The molecule has 1 rings (SSSR count). The topological polar surface area (TPSA) is 23.6 Å². The quantitative estimate of drug-likeness (QED) is 0.662. The van der Waals surface area contributed by atoms with Crippen LogP contribution in [-0.2, 0) is 4.79 Å². The van der Waals surface area contributed by atoms with Crippen LogP contribution < -0.4 is 0 Å². The molecule has 86 valence electrons. The second-order valence-electron chi connectivity index (χ2n) is 4.88. The Balaban J connectivity index is 2.65. The van der Waals surface area contributed by atoms with Crippen LogP contribution in [0.3, 0.4) is 0 Å². The third-order valence-electron chi connectivity index (χ3n) is 2.70. The number of carbonyl (C=O) groups excluding carboxylic acids is 1. The molecule has 0 unspecified atom stereocenters. The van der Waals surface area contributed by atoms with Crippen molar-refractivity contribution < 1.29 is 4.79 Å². The van der Waals surface area contributed by atoms with Gasteiger partial charge in [0.25, 0.3) is 5.91 Å². The lowest BCUT2D eigenvalue weighted by Gasteiger charge is -2.39. The third kappa shape index (κ3) is 2.74. The first kappa shape index (κ1) is 12.1. The molecule has 0 aromatic heterocycles. The van der Waals surface area contributed by atoms with Crippen molar-refractivity contribution in [1.82, 2.24) is 9.80 Å². The molecule has 0 atom stereocenters. The van der Waals surface area contributed by atoms with E-state index in [1.807, 2.05) is 4.90 Å². The van der Waals surface area contributed by atoms with Crippen molar-refractivity contribution in [3.8, 4) is 0 Å². The second kappa shape index (κ2) is 4.69. The Labute approximate surface area is 92.7 Å². The van der Waals surface area contributed by atoms with Crippen LogP contribution in [0.1, 0.15) is 27.7 Å². The first-order valence-electron chi connectivity index (χ1n) is 5.68. The van der Waals surface area contributed by atoms with Crippen LogP contribution in [0.15, 0.2) is 12.3 Å². The number of carbonyl (C=O) groups is 1. The molecular formula is C12H22N2O. The molecule has 3 nitrogen and oxygen atoms in total. The summed E-state index contributed by atoms with van der Waals surface area (Å²) in [5.74, 6) is 0.621. The third-order valence-corrected chi connectivity index (χ3v) is 2.70. The zero-order valence-electron chi connectivity index (χ0n) is 10.3. The molecule has 0 bridgehead atoms. The van der Waals surface area contributed by atoms with Gasteiger partial charge in [-0.05, 0) is 19.8 Å². The van der Waals surface area contributed by atoms with Crippen molar-refractivity contribution in [2.45, 2.75) is 33.7 Å². The van der Waals surface area contributed by atoms with Gasteiger partial charge in [0, 0.05) is 25.7 Å². The van der Waals surface area contributed by atoms with Crippen molar-refractivity contribution in [2.75, 3.05) is 19.6 Å². The Kier molecular flexibility index (Phi) is 3.77. The van der Waals surface area contributed by atoms with E-state index >= 15 is 0 Å². The average molecular weight is 210 g/mol. The highest BCUT2D eigenvalue weighted by atomic mass is 16.2. The van der Waals surface area contributed by atoms with Crippen LogP contribution in [0.2, 0.25) is 0 Å². The van der Waals surface area contributed by atoms with Crippen LogP contribution in [0.4, 0.5) is 0 Å². The summed E-state index contributed by atoms with van der Waals surface area (Å²) in [6.07, 6.45) is 0. The molecule has 1 fully saturated rings. The SMILES string of the molecule is C=C1C(=O)N(CC(C)C)CCN1C(C)C. The highest BCUT2D eigenvalue weighted by Crippen LogP contribution is 2.17. The predicted octanol–water partition coefficient (Wildman–Crippen LogP) is 1.71. The summed E-state index contributed by atoms with van der Waals surface area (Å²) in [5, 5.41) is 0. The number of nitrogens with zero attached hydrogens (tertiary/aromatic N) is 2. The summed E-state index contributed by atoms with van der Waals surface area (Å²) < 4.78 is 0. The molecule has 1 heterocycles. The fraction of sp³-hybridized carbons (Fsp3) is 0.750. The number of rotatable bonds is 3. The van der Waals surface area contributed by atoms with Crippen LogP contribution in [-0.4, -0.2) is 41.4 Å². The maximum absolute atomic E-state index is 12.0. The standard InChI is InChI=1S/C12H22N2O/c1-9(2)8-13-6-7-14(10(3)4)11(5)12(13)15/h9-10H,5-8H2,1-4H3. The highest BCUT2D eigenvalue weighted by molar-refractivity contribution is 5.93. The van der Waals surface area contributed by atoms with Gasteiger partial charge in [-0.2, -0.15) is 0 Å². The molecule has 0 aromatic rings. The Morgan fingerprint density at radius 1 is 1.27 bits per heavy atom. The predicted molar refractivity (Wildman–Crippen MR) is 62.4 cm³/mol. The minimum Gasteiger partial charge on any atom is -0.363 e. The zero-order valence-corrected chi connectivity index (χ0v) is 10.3. The molecule has 3 heteroatoms. The van der Waals surface area contributed by atoms with Gasteiger partial charge in [-0.1, -0.05) is 20.4 Å². The van der Waals surface area contributed by atoms with E-state index in [4.69, 9.17) is 0 Å².